The molecule has 25 heavy (non-hydrogen) atoms. The first-order chi connectivity index (χ1) is 11.8. The molecule has 0 aliphatic heterocycles. The van der Waals surface area contributed by atoms with E-state index in [0.29, 0.717) is 11.3 Å². The molecule has 130 valence electrons. The number of carbonyl (C=O) groups is 2. The minimum Gasteiger partial charge on any atom is -0.449 e. The number of carbonyl (C=O) groups excluding carboxylic acids is 2. The van der Waals surface area contributed by atoms with Gasteiger partial charge in [0, 0.05) is 17.8 Å². The molecule has 0 spiro atoms. The maximum atomic E-state index is 12.1. The number of aromatic nitrogens is 1. The van der Waals surface area contributed by atoms with Crippen LogP contribution < -0.4 is 5.32 Å². The van der Waals surface area contributed by atoms with Crippen LogP contribution in [0.5, 0.6) is 0 Å². The molecule has 0 aliphatic rings. The Morgan fingerprint density at radius 2 is 2.08 bits per heavy atom. The highest BCUT2D eigenvalue weighted by molar-refractivity contribution is 6.32. The van der Waals surface area contributed by atoms with Gasteiger partial charge in [0.25, 0.3) is 11.6 Å². The van der Waals surface area contributed by atoms with Crippen LogP contribution in [-0.2, 0) is 9.53 Å². The van der Waals surface area contributed by atoms with Crippen molar-refractivity contribution in [2.45, 2.75) is 20.0 Å². The van der Waals surface area contributed by atoms with E-state index >= 15 is 0 Å². The summed E-state index contributed by atoms with van der Waals surface area (Å²) in [4.78, 5) is 38.2. The molecule has 0 fully saturated rings. The van der Waals surface area contributed by atoms with E-state index in [-0.39, 0.29) is 16.4 Å². The van der Waals surface area contributed by atoms with Crippen molar-refractivity contribution in [1.82, 2.24) is 4.98 Å². The fraction of sp³-hybridized carbons (Fsp3) is 0.188. The van der Waals surface area contributed by atoms with Crippen molar-refractivity contribution in [3.05, 3.63) is 62.9 Å². The lowest BCUT2D eigenvalue weighted by atomic mass is 10.1. The summed E-state index contributed by atoms with van der Waals surface area (Å²) in [5.74, 6) is -1.35. The van der Waals surface area contributed by atoms with Gasteiger partial charge in [0.1, 0.15) is 0 Å². The molecule has 8 nitrogen and oxygen atoms in total. The van der Waals surface area contributed by atoms with Crippen LogP contribution in [0.15, 0.2) is 36.5 Å². The maximum Gasteiger partial charge on any atom is 0.338 e. The summed E-state index contributed by atoms with van der Waals surface area (Å²) in [6.07, 6.45) is 0.373. The summed E-state index contributed by atoms with van der Waals surface area (Å²) in [6.45, 7) is 2.91. The molecule has 1 atom stereocenters. The summed E-state index contributed by atoms with van der Waals surface area (Å²) in [5.41, 5.74) is 0.623. The number of esters is 1. The fourth-order valence-electron chi connectivity index (χ4n) is 1.98. The average Bonchev–Trinajstić information content (AvgIpc) is 2.56. The Morgan fingerprint density at radius 1 is 1.36 bits per heavy atom. The number of nitrogens with one attached hydrogen (secondary N) is 1. The minimum absolute atomic E-state index is 0.103. The summed E-state index contributed by atoms with van der Waals surface area (Å²) in [5, 5.41) is 13.4. The number of benzene rings is 1. The number of nitrogens with zero attached hydrogens (tertiary/aromatic N) is 2. The average molecular weight is 364 g/mol. The smallest absolute Gasteiger partial charge is 0.338 e. The Labute approximate surface area is 147 Å². The molecule has 1 unspecified atom stereocenters. The third kappa shape index (κ3) is 4.51. The van der Waals surface area contributed by atoms with Gasteiger partial charge in [-0.15, -0.1) is 0 Å². The molecule has 1 amide bonds. The molecule has 0 saturated carbocycles. The van der Waals surface area contributed by atoms with Crippen LogP contribution in [0.25, 0.3) is 0 Å². The zero-order valence-electron chi connectivity index (χ0n) is 13.4. The molecule has 2 rings (SSSR count). The number of halogens is 1. The fourth-order valence-corrected chi connectivity index (χ4v) is 2.15. The lowest BCUT2D eigenvalue weighted by Crippen LogP contribution is -2.30. The minimum atomic E-state index is -1.10. The van der Waals surface area contributed by atoms with E-state index in [1.54, 1.807) is 12.1 Å². The van der Waals surface area contributed by atoms with E-state index in [2.05, 4.69) is 10.3 Å². The zero-order chi connectivity index (χ0) is 18.6. The monoisotopic (exact) mass is 363 g/mol. The third-order valence-corrected chi connectivity index (χ3v) is 3.60. The number of anilines is 1. The highest BCUT2D eigenvalue weighted by atomic mass is 35.5. The van der Waals surface area contributed by atoms with E-state index < -0.39 is 22.9 Å². The second-order valence-corrected chi connectivity index (χ2v) is 5.49. The number of amides is 1. The molecule has 9 heteroatoms. The predicted octanol–water partition coefficient (Wildman–Crippen LogP) is 3.14. The van der Waals surface area contributed by atoms with Crippen molar-refractivity contribution in [3.63, 3.8) is 0 Å². The topological polar surface area (TPSA) is 111 Å². The first kappa shape index (κ1) is 18.3. The second-order valence-electron chi connectivity index (χ2n) is 5.14. The van der Waals surface area contributed by atoms with E-state index in [0.717, 1.165) is 0 Å². The van der Waals surface area contributed by atoms with Gasteiger partial charge in [0.05, 0.1) is 16.2 Å². The lowest BCUT2D eigenvalue weighted by Gasteiger charge is -2.14. The second kappa shape index (κ2) is 7.71. The number of hydrogen-bond acceptors (Lipinski definition) is 6. The maximum absolute atomic E-state index is 12.1. The molecular formula is C16H14ClN3O5. The SMILES string of the molecule is Cc1cc(C(=O)OC(C)C(=O)Nc2cccnc2Cl)ccc1[N+](=O)[O-]. The Hall–Kier alpha value is -3.00. The number of nitro groups is 1. The normalized spacial score (nSPS) is 11.5. The van der Waals surface area contributed by atoms with Gasteiger partial charge < -0.3 is 10.1 Å². The molecule has 0 aliphatic carbocycles. The van der Waals surface area contributed by atoms with Crippen molar-refractivity contribution in [1.29, 1.82) is 0 Å². The van der Waals surface area contributed by atoms with Crippen LogP contribution in [0.4, 0.5) is 11.4 Å². The zero-order valence-corrected chi connectivity index (χ0v) is 14.1. The number of pyridine rings is 1. The number of rotatable bonds is 5. The standard InChI is InChI=1S/C16H14ClN3O5/c1-9-8-11(5-6-13(9)20(23)24)16(22)25-10(2)15(21)19-12-4-3-7-18-14(12)17/h3-8,10H,1-2H3,(H,19,21). The van der Waals surface area contributed by atoms with Crippen molar-refractivity contribution in [3.8, 4) is 0 Å². The molecule has 2 aromatic rings. The summed E-state index contributed by atoms with van der Waals surface area (Å²) in [7, 11) is 0. The van der Waals surface area contributed by atoms with Crippen molar-refractivity contribution >= 4 is 34.9 Å². The molecule has 0 bridgehead atoms. The van der Waals surface area contributed by atoms with Gasteiger partial charge in [0.2, 0.25) is 0 Å². The molecular weight excluding hydrogens is 350 g/mol. The molecule has 1 N–H and O–H groups in total. The van der Waals surface area contributed by atoms with Gasteiger partial charge in [-0.3, -0.25) is 14.9 Å². The number of ether oxygens (including phenoxy) is 1. The summed E-state index contributed by atoms with van der Waals surface area (Å²) >= 11 is 5.84. The van der Waals surface area contributed by atoms with E-state index in [9.17, 15) is 19.7 Å². The van der Waals surface area contributed by atoms with Gasteiger partial charge in [0.15, 0.2) is 11.3 Å². The van der Waals surface area contributed by atoms with Crippen LogP contribution in [0.1, 0.15) is 22.8 Å². The van der Waals surface area contributed by atoms with Gasteiger partial charge in [-0.2, -0.15) is 0 Å². The van der Waals surface area contributed by atoms with E-state index in [1.807, 2.05) is 0 Å². The molecule has 0 saturated heterocycles. The summed E-state index contributed by atoms with van der Waals surface area (Å²) in [6, 6.07) is 6.98. The van der Waals surface area contributed by atoms with Crippen molar-refractivity contribution < 1.29 is 19.2 Å². The Balaban J connectivity index is 2.04. The van der Waals surface area contributed by atoms with Gasteiger partial charge in [-0.05, 0) is 38.1 Å². The van der Waals surface area contributed by atoms with E-state index in [1.165, 1.54) is 38.2 Å². The Bertz CT molecular complexity index is 840. The van der Waals surface area contributed by atoms with Crippen LogP contribution in [0.2, 0.25) is 5.15 Å². The van der Waals surface area contributed by atoms with Gasteiger partial charge in [-0.1, -0.05) is 11.6 Å². The van der Waals surface area contributed by atoms with Crippen LogP contribution in [0.3, 0.4) is 0 Å². The molecule has 1 aromatic heterocycles. The number of aryl methyl sites for hydroxylation is 1. The lowest BCUT2D eigenvalue weighted by molar-refractivity contribution is -0.385. The first-order valence-corrected chi connectivity index (χ1v) is 7.54. The molecule has 1 heterocycles. The summed E-state index contributed by atoms with van der Waals surface area (Å²) < 4.78 is 5.08. The van der Waals surface area contributed by atoms with Crippen molar-refractivity contribution in [2.24, 2.45) is 0 Å². The first-order valence-electron chi connectivity index (χ1n) is 7.17. The van der Waals surface area contributed by atoms with Crippen LogP contribution in [0, 0.1) is 17.0 Å². The number of hydrogen-bond donors (Lipinski definition) is 1. The predicted molar refractivity (Wildman–Crippen MR) is 90.6 cm³/mol. The number of nitro benzene ring substituents is 1. The Morgan fingerprint density at radius 3 is 2.68 bits per heavy atom. The van der Waals surface area contributed by atoms with E-state index in [4.69, 9.17) is 16.3 Å². The van der Waals surface area contributed by atoms with Crippen LogP contribution in [-0.4, -0.2) is 27.9 Å². The quantitative estimate of drug-likeness (QED) is 0.378. The Kier molecular flexibility index (Phi) is 5.66. The van der Waals surface area contributed by atoms with Gasteiger partial charge >= 0.3 is 5.97 Å². The highest BCUT2D eigenvalue weighted by Crippen LogP contribution is 2.20. The van der Waals surface area contributed by atoms with Gasteiger partial charge in [-0.25, -0.2) is 9.78 Å². The van der Waals surface area contributed by atoms with Crippen LogP contribution >= 0.6 is 11.6 Å². The molecule has 0 radical (unpaired) electrons. The highest BCUT2D eigenvalue weighted by Gasteiger charge is 2.21. The third-order valence-electron chi connectivity index (χ3n) is 3.30. The van der Waals surface area contributed by atoms with Crippen molar-refractivity contribution in [2.75, 3.05) is 5.32 Å². The largest absolute Gasteiger partial charge is 0.449 e. The molecule has 1 aromatic carbocycles.